The predicted octanol–water partition coefficient (Wildman–Crippen LogP) is 3.22. The van der Waals surface area contributed by atoms with Crippen LogP contribution in [-0.4, -0.2) is 23.0 Å². The van der Waals surface area contributed by atoms with Crippen molar-refractivity contribution in [1.82, 2.24) is 9.88 Å². The van der Waals surface area contributed by atoms with Crippen LogP contribution in [0.15, 0.2) is 42.7 Å². The summed E-state index contributed by atoms with van der Waals surface area (Å²) in [6.07, 6.45) is 3.68. The van der Waals surface area contributed by atoms with Crippen LogP contribution in [0.2, 0.25) is 0 Å². The monoisotopic (exact) mass is 283 g/mol. The maximum Gasteiger partial charge on any atom is 0.0427 e. The molecular formula is C18H25N3. The minimum absolute atomic E-state index is 0.0485. The summed E-state index contributed by atoms with van der Waals surface area (Å²) in [5.74, 6) is 0. The maximum absolute atomic E-state index is 6.42. The lowest BCUT2D eigenvalue weighted by molar-refractivity contribution is 0.262. The van der Waals surface area contributed by atoms with Crippen molar-refractivity contribution in [2.45, 2.75) is 33.4 Å². The molecule has 0 bridgehead atoms. The first-order valence-electron chi connectivity index (χ1n) is 7.54. The Morgan fingerprint density at radius 1 is 1.14 bits per heavy atom. The van der Waals surface area contributed by atoms with Crippen LogP contribution in [0, 0.1) is 13.8 Å². The van der Waals surface area contributed by atoms with Gasteiger partial charge in [-0.3, -0.25) is 9.88 Å². The van der Waals surface area contributed by atoms with Gasteiger partial charge in [0, 0.05) is 31.5 Å². The second-order valence-electron chi connectivity index (χ2n) is 5.65. The van der Waals surface area contributed by atoms with Gasteiger partial charge in [-0.15, -0.1) is 0 Å². The topological polar surface area (TPSA) is 42.2 Å². The lowest BCUT2D eigenvalue weighted by Crippen LogP contribution is -2.32. The molecule has 0 saturated carbocycles. The van der Waals surface area contributed by atoms with Gasteiger partial charge in [-0.2, -0.15) is 0 Å². The lowest BCUT2D eigenvalue weighted by atomic mass is 9.99. The first kappa shape index (κ1) is 15.7. The Kier molecular flexibility index (Phi) is 5.48. The average molecular weight is 283 g/mol. The molecule has 1 heterocycles. The number of hydrogen-bond donors (Lipinski definition) is 1. The van der Waals surface area contributed by atoms with Crippen molar-refractivity contribution in [2.24, 2.45) is 5.73 Å². The highest BCUT2D eigenvalue weighted by molar-refractivity contribution is 5.32. The number of nitrogens with zero attached hydrogens (tertiary/aromatic N) is 2. The summed E-state index contributed by atoms with van der Waals surface area (Å²) in [5, 5.41) is 0. The molecule has 1 unspecified atom stereocenters. The van der Waals surface area contributed by atoms with Crippen LogP contribution in [0.3, 0.4) is 0 Å². The third-order valence-electron chi connectivity index (χ3n) is 3.88. The van der Waals surface area contributed by atoms with E-state index in [0.717, 1.165) is 19.6 Å². The highest BCUT2D eigenvalue weighted by atomic mass is 15.1. The van der Waals surface area contributed by atoms with Crippen LogP contribution >= 0.6 is 0 Å². The molecule has 1 aromatic heterocycles. The molecule has 0 spiro atoms. The number of hydrogen-bond acceptors (Lipinski definition) is 3. The van der Waals surface area contributed by atoms with Crippen molar-refractivity contribution in [3.63, 3.8) is 0 Å². The Morgan fingerprint density at radius 3 is 2.48 bits per heavy atom. The fraction of sp³-hybridized carbons (Fsp3) is 0.389. The summed E-state index contributed by atoms with van der Waals surface area (Å²) in [7, 11) is 0. The Bertz CT molecular complexity index is 566. The quantitative estimate of drug-likeness (QED) is 0.885. The van der Waals surface area contributed by atoms with Crippen molar-refractivity contribution < 1.29 is 0 Å². The molecule has 0 aliphatic heterocycles. The molecular weight excluding hydrogens is 258 g/mol. The van der Waals surface area contributed by atoms with Crippen LogP contribution in [-0.2, 0) is 6.54 Å². The summed E-state index contributed by atoms with van der Waals surface area (Å²) in [5.41, 5.74) is 11.5. The van der Waals surface area contributed by atoms with Crippen LogP contribution in [0.1, 0.15) is 35.2 Å². The van der Waals surface area contributed by atoms with Gasteiger partial charge < -0.3 is 5.73 Å². The van der Waals surface area contributed by atoms with Crippen molar-refractivity contribution in [2.75, 3.05) is 13.1 Å². The fourth-order valence-corrected chi connectivity index (χ4v) is 2.67. The predicted molar refractivity (Wildman–Crippen MR) is 88.0 cm³/mol. The molecule has 0 aliphatic rings. The highest BCUT2D eigenvalue weighted by Crippen LogP contribution is 2.19. The van der Waals surface area contributed by atoms with E-state index in [1.165, 1.54) is 22.3 Å². The van der Waals surface area contributed by atoms with Gasteiger partial charge in [-0.05, 0) is 49.2 Å². The first-order valence-corrected chi connectivity index (χ1v) is 7.54. The number of benzene rings is 1. The molecule has 2 N–H and O–H groups in total. The van der Waals surface area contributed by atoms with E-state index in [1.807, 2.05) is 12.4 Å². The molecule has 112 valence electrons. The Morgan fingerprint density at radius 2 is 1.86 bits per heavy atom. The van der Waals surface area contributed by atoms with E-state index in [1.54, 1.807) is 0 Å². The van der Waals surface area contributed by atoms with Crippen molar-refractivity contribution in [3.05, 3.63) is 65.0 Å². The Labute approximate surface area is 127 Å². The van der Waals surface area contributed by atoms with E-state index in [0.29, 0.717) is 0 Å². The second-order valence-corrected chi connectivity index (χ2v) is 5.65. The molecule has 2 rings (SSSR count). The summed E-state index contributed by atoms with van der Waals surface area (Å²) in [6, 6.07) is 10.7. The number of rotatable bonds is 6. The molecule has 0 saturated heterocycles. The van der Waals surface area contributed by atoms with Crippen molar-refractivity contribution in [1.29, 1.82) is 0 Å². The normalized spacial score (nSPS) is 12.6. The van der Waals surface area contributed by atoms with E-state index in [9.17, 15) is 0 Å². The smallest absolute Gasteiger partial charge is 0.0427 e. The zero-order chi connectivity index (χ0) is 15.2. The molecule has 1 aromatic carbocycles. The molecule has 0 amide bonds. The van der Waals surface area contributed by atoms with Gasteiger partial charge in [0.25, 0.3) is 0 Å². The number of aryl methyl sites for hydroxylation is 2. The van der Waals surface area contributed by atoms with Gasteiger partial charge >= 0.3 is 0 Å². The van der Waals surface area contributed by atoms with Gasteiger partial charge in [0.2, 0.25) is 0 Å². The standard InChI is InChI=1S/C18H25N3/c1-4-21(12-16-7-9-20-10-8-16)13-18(19)17-6-5-14(2)11-15(17)3/h5-11,18H,4,12-13,19H2,1-3H3. The molecule has 21 heavy (non-hydrogen) atoms. The Hall–Kier alpha value is -1.71. The molecule has 1 atom stereocenters. The van der Waals surface area contributed by atoms with Gasteiger partial charge in [-0.25, -0.2) is 0 Å². The zero-order valence-corrected chi connectivity index (χ0v) is 13.2. The molecule has 3 nitrogen and oxygen atoms in total. The van der Waals surface area contributed by atoms with E-state index in [4.69, 9.17) is 5.73 Å². The van der Waals surface area contributed by atoms with Crippen LogP contribution < -0.4 is 5.73 Å². The minimum atomic E-state index is 0.0485. The first-order chi connectivity index (χ1) is 10.1. The lowest BCUT2D eigenvalue weighted by Gasteiger charge is -2.25. The van der Waals surface area contributed by atoms with E-state index in [2.05, 4.69) is 61.0 Å². The molecule has 0 radical (unpaired) electrons. The van der Waals surface area contributed by atoms with Crippen LogP contribution in [0.25, 0.3) is 0 Å². The molecule has 0 aliphatic carbocycles. The van der Waals surface area contributed by atoms with Crippen LogP contribution in [0.5, 0.6) is 0 Å². The number of nitrogens with two attached hydrogens (primary N) is 1. The van der Waals surface area contributed by atoms with Crippen molar-refractivity contribution >= 4 is 0 Å². The summed E-state index contributed by atoms with van der Waals surface area (Å²) in [4.78, 5) is 6.44. The van der Waals surface area contributed by atoms with E-state index < -0.39 is 0 Å². The van der Waals surface area contributed by atoms with E-state index >= 15 is 0 Å². The number of likely N-dealkylation sites (N-methyl/N-ethyl adjacent to an activating group) is 1. The largest absolute Gasteiger partial charge is 0.323 e. The SMILES string of the molecule is CCN(Cc1ccncc1)CC(N)c1ccc(C)cc1C. The van der Waals surface area contributed by atoms with Crippen molar-refractivity contribution in [3.8, 4) is 0 Å². The van der Waals surface area contributed by atoms with Gasteiger partial charge in [0.1, 0.15) is 0 Å². The molecule has 2 aromatic rings. The average Bonchev–Trinajstić information content (AvgIpc) is 2.47. The zero-order valence-electron chi connectivity index (χ0n) is 13.2. The fourth-order valence-electron chi connectivity index (χ4n) is 2.67. The molecule has 3 heteroatoms. The summed E-state index contributed by atoms with van der Waals surface area (Å²) < 4.78 is 0. The number of pyridine rings is 1. The van der Waals surface area contributed by atoms with Gasteiger partial charge in [-0.1, -0.05) is 30.7 Å². The third-order valence-corrected chi connectivity index (χ3v) is 3.88. The van der Waals surface area contributed by atoms with E-state index in [-0.39, 0.29) is 6.04 Å². The Balaban J connectivity index is 2.04. The minimum Gasteiger partial charge on any atom is -0.323 e. The second kappa shape index (κ2) is 7.34. The summed E-state index contributed by atoms with van der Waals surface area (Å²) in [6.45, 7) is 9.20. The molecule has 0 fully saturated rings. The third kappa shape index (κ3) is 4.38. The highest BCUT2D eigenvalue weighted by Gasteiger charge is 2.13. The summed E-state index contributed by atoms with van der Waals surface area (Å²) >= 11 is 0. The van der Waals surface area contributed by atoms with Crippen LogP contribution in [0.4, 0.5) is 0 Å². The number of aromatic nitrogens is 1. The van der Waals surface area contributed by atoms with Gasteiger partial charge in [0.05, 0.1) is 0 Å². The van der Waals surface area contributed by atoms with Gasteiger partial charge in [0.15, 0.2) is 0 Å². The maximum atomic E-state index is 6.42.